The fourth-order valence-corrected chi connectivity index (χ4v) is 3.03. The van der Waals surface area contributed by atoms with E-state index in [-0.39, 0.29) is 5.97 Å². The summed E-state index contributed by atoms with van der Waals surface area (Å²) in [6.45, 7) is 8.52. The van der Waals surface area contributed by atoms with Gasteiger partial charge in [0, 0.05) is 51.7 Å². The van der Waals surface area contributed by atoms with Crippen LogP contribution >= 0.6 is 0 Å². The Labute approximate surface area is 149 Å². The summed E-state index contributed by atoms with van der Waals surface area (Å²) >= 11 is 0. The van der Waals surface area contributed by atoms with Crippen LogP contribution in [0.25, 0.3) is 0 Å². The van der Waals surface area contributed by atoms with E-state index in [0.29, 0.717) is 13.2 Å². The highest BCUT2D eigenvalue weighted by molar-refractivity contribution is 5.71. The van der Waals surface area contributed by atoms with Crippen LogP contribution in [-0.2, 0) is 22.7 Å². The number of benzene rings is 1. The molecule has 6 heteroatoms. The highest BCUT2D eigenvalue weighted by atomic mass is 16.5. The van der Waals surface area contributed by atoms with Gasteiger partial charge in [0.25, 0.3) is 0 Å². The van der Waals surface area contributed by atoms with Crippen LogP contribution in [0.4, 0.5) is 0 Å². The molecule has 25 heavy (non-hydrogen) atoms. The summed E-state index contributed by atoms with van der Waals surface area (Å²) in [5, 5.41) is 0. The average Bonchev–Trinajstić information content (AvgIpc) is 3.05. The van der Waals surface area contributed by atoms with Crippen molar-refractivity contribution in [2.75, 3.05) is 39.3 Å². The Morgan fingerprint density at radius 3 is 2.48 bits per heavy atom. The molecule has 1 saturated heterocycles. The topological polar surface area (TPSA) is 50.6 Å². The first kappa shape index (κ1) is 17.6. The summed E-state index contributed by atoms with van der Waals surface area (Å²) in [5.41, 5.74) is 1.02. The molecule has 0 radical (unpaired) electrons. The van der Waals surface area contributed by atoms with Crippen molar-refractivity contribution in [3.8, 4) is 0 Å². The Morgan fingerprint density at radius 2 is 1.80 bits per heavy atom. The van der Waals surface area contributed by atoms with E-state index in [2.05, 4.69) is 19.4 Å². The fraction of sp³-hybridized carbons (Fsp3) is 0.474. The molecular formula is C19H26N4O2. The second kappa shape index (κ2) is 8.78. The van der Waals surface area contributed by atoms with Crippen molar-refractivity contribution < 1.29 is 9.53 Å². The number of carbonyl (C=O) groups is 1. The van der Waals surface area contributed by atoms with E-state index in [4.69, 9.17) is 4.74 Å². The molecule has 0 atom stereocenters. The number of piperazine rings is 1. The molecule has 0 unspecified atom stereocenters. The molecule has 1 aliphatic rings. The van der Waals surface area contributed by atoms with E-state index >= 15 is 0 Å². The number of imidazole rings is 1. The minimum absolute atomic E-state index is 0.147. The molecule has 2 heterocycles. The minimum Gasteiger partial charge on any atom is -0.460 e. The maximum Gasteiger partial charge on any atom is 0.320 e. The molecular weight excluding hydrogens is 316 g/mol. The molecule has 0 spiro atoms. The van der Waals surface area contributed by atoms with E-state index in [9.17, 15) is 4.79 Å². The zero-order valence-corrected chi connectivity index (χ0v) is 14.8. The molecule has 0 N–H and O–H groups in total. The van der Waals surface area contributed by atoms with E-state index < -0.39 is 0 Å². The predicted molar refractivity (Wildman–Crippen MR) is 96.1 cm³/mol. The smallest absolute Gasteiger partial charge is 0.320 e. The summed E-state index contributed by atoms with van der Waals surface area (Å²) in [7, 11) is 0. The van der Waals surface area contributed by atoms with Crippen LogP contribution in [0.5, 0.6) is 0 Å². The molecule has 134 valence electrons. The van der Waals surface area contributed by atoms with Gasteiger partial charge in [0.15, 0.2) is 0 Å². The van der Waals surface area contributed by atoms with Crippen molar-refractivity contribution in [3.63, 3.8) is 0 Å². The molecule has 1 fully saturated rings. The number of hydrogen-bond donors (Lipinski definition) is 0. The molecule has 0 amide bonds. The number of esters is 1. The third-order valence-corrected chi connectivity index (χ3v) is 4.64. The number of ether oxygens (including phenoxy) is 1. The van der Waals surface area contributed by atoms with Crippen molar-refractivity contribution in [1.29, 1.82) is 0 Å². The molecule has 0 aliphatic carbocycles. The lowest BCUT2D eigenvalue weighted by Gasteiger charge is -2.34. The van der Waals surface area contributed by atoms with Crippen LogP contribution in [0, 0.1) is 6.92 Å². The fourth-order valence-electron chi connectivity index (χ4n) is 3.03. The highest BCUT2D eigenvalue weighted by Gasteiger charge is 2.19. The standard InChI is InChI=1S/C19H26N4O2/c1-17-20-7-8-23(17)14-13-21-9-11-22(12-10-21)15-19(24)25-16-18-5-3-2-4-6-18/h2-8H,9-16H2,1H3. The van der Waals surface area contributed by atoms with Crippen LogP contribution in [0.15, 0.2) is 42.7 Å². The van der Waals surface area contributed by atoms with Crippen molar-refractivity contribution in [3.05, 3.63) is 54.1 Å². The molecule has 1 aliphatic heterocycles. The molecule has 0 bridgehead atoms. The first-order valence-corrected chi connectivity index (χ1v) is 8.83. The molecule has 0 saturated carbocycles. The van der Waals surface area contributed by atoms with Gasteiger partial charge in [-0.15, -0.1) is 0 Å². The van der Waals surface area contributed by atoms with E-state index in [1.807, 2.05) is 49.6 Å². The largest absolute Gasteiger partial charge is 0.460 e. The van der Waals surface area contributed by atoms with Crippen molar-refractivity contribution in [1.82, 2.24) is 19.4 Å². The first-order valence-electron chi connectivity index (χ1n) is 8.83. The van der Waals surface area contributed by atoms with Gasteiger partial charge in [-0.1, -0.05) is 30.3 Å². The molecule has 1 aromatic heterocycles. The lowest BCUT2D eigenvalue weighted by atomic mass is 10.2. The third-order valence-electron chi connectivity index (χ3n) is 4.64. The van der Waals surface area contributed by atoms with Crippen molar-refractivity contribution >= 4 is 5.97 Å². The van der Waals surface area contributed by atoms with Crippen molar-refractivity contribution in [2.24, 2.45) is 0 Å². The predicted octanol–water partition coefficient (Wildman–Crippen LogP) is 1.55. The van der Waals surface area contributed by atoms with Crippen LogP contribution in [-0.4, -0.2) is 64.6 Å². The SMILES string of the molecule is Cc1nccn1CCN1CCN(CC(=O)OCc2ccccc2)CC1. The van der Waals surface area contributed by atoms with E-state index in [0.717, 1.165) is 50.7 Å². The number of aromatic nitrogens is 2. The zero-order chi connectivity index (χ0) is 17.5. The van der Waals surface area contributed by atoms with Gasteiger partial charge in [-0.2, -0.15) is 0 Å². The van der Waals surface area contributed by atoms with Gasteiger partial charge in [0.1, 0.15) is 12.4 Å². The molecule has 3 rings (SSSR count). The lowest BCUT2D eigenvalue weighted by molar-refractivity contribution is -0.146. The number of carbonyl (C=O) groups excluding carboxylic acids is 1. The van der Waals surface area contributed by atoms with Gasteiger partial charge < -0.3 is 9.30 Å². The maximum atomic E-state index is 12.0. The van der Waals surface area contributed by atoms with Crippen LogP contribution in [0.1, 0.15) is 11.4 Å². The quantitative estimate of drug-likeness (QED) is 0.715. The van der Waals surface area contributed by atoms with Gasteiger partial charge in [-0.05, 0) is 12.5 Å². The third kappa shape index (κ3) is 5.41. The highest BCUT2D eigenvalue weighted by Crippen LogP contribution is 2.05. The summed E-state index contributed by atoms with van der Waals surface area (Å²) in [4.78, 5) is 20.9. The van der Waals surface area contributed by atoms with Gasteiger partial charge in [0.2, 0.25) is 0 Å². The van der Waals surface area contributed by atoms with Gasteiger partial charge in [-0.25, -0.2) is 4.98 Å². The lowest BCUT2D eigenvalue weighted by Crippen LogP contribution is -2.48. The minimum atomic E-state index is -0.147. The Bertz CT molecular complexity index is 663. The summed E-state index contributed by atoms with van der Waals surface area (Å²) < 4.78 is 7.54. The Balaban J connectivity index is 1.33. The second-order valence-corrected chi connectivity index (χ2v) is 6.43. The Hall–Kier alpha value is -2.18. The van der Waals surface area contributed by atoms with Crippen LogP contribution in [0.3, 0.4) is 0 Å². The van der Waals surface area contributed by atoms with Gasteiger partial charge in [0.05, 0.1) is 6.54 Å². The van der Waals surface area contributed by atoms with Crippen LogP contribution in [0.2, 0.25) is 0 Å². The average molecular weight is 342 g/mol. The number of nitrogens with zero attached hydrogens (tertiary/aromatic N) is 4. The van der Waals surface area contributed by atoms with E-state index in [1.54, 1.807) is 0 Å². The molecule has 1 aromatic carbocycles. The number of hydrogen-bond acceptors (Lipinski definition) is 5. The number of rotatable bonds is 7. The molecule has 6 nitrogen and oxygen atoms in total. The van der Waals surface area contributed by atoms with E-state index in [1.165, 1.54) is 0 Å². The van der Waals surface area contributed by atoms with Crippen molar-refractivity contribution in [2.45, 2.75) is 20.1 Å². The normalized spacial score (nSPS) is 16.0. The first-order chi connectivity index (χ1) is 12.2. The number of aryl methyl sites for hydroxylation is 1. The van der Waals surface area contributed by atoms with Gasteiger partial charge in [-0.3, -0.25) is 14.6 Å². The Kier molecular flexibility index (Phi) is 6.19. The van der Waals surface area contributed by atoms with Crippen LogP contribution < -0.4 is 0 Å². The summed E-state index contributed by atoms with van der Waals surface area (Å²) in [6, 6.07) is 9.79. The Morgan fingerprint density at radius 1 is 1.08 bits per heavy atom. The summed E-state index contributed by atoms with van der Waals surface area (Å²) in [6.07, 6.45) is 3.86. The summed E-state index contributed by atoms with van der Waals surface area (Å²) in [5.74, 6) is 0.908. The maximum absolute atomic E-state index is 12.0. The zero-order valence-electron chi connectivity index (χ0n) is 14.8. The molecule has 2 aromatic rings. The second-order valence-electron chi connectivity index (χ2n) is 6.43. The monoisotopic (exact) mass is 342 g/mol. The van der Waals surface area contributed by atoms with Gasteiger partial charge >= 0.3 is 5.97 Å².